The largest absolute Gasteiger partial charge is 0.346 e. The van der Waals surface area contributed by atoms with Gasteiger partial charge in [-0.05, 0) is 13.8 Å². The molecule has 3 aromatic rings. The van der Waals surface area contributed by atoms with E-state index in [4.69, 9.17) is 0 Å². The van der Waals surface area contributed by atoms with Crippen LogP contribution < -0.4 is 10.5 Å². The van der Waals surface area contributed by atoms with Crippen LogP contribution in [0.5, 0.6) is 0 Å². The van der Waals surface area contributed by atoms with Crippen molar-refractivity contribution in [1.29, 1.82) is 0 Å². The molecule has 0 atom stereocenters. The molecule has 4 heterocycles. The van der Waals surface area contributed by atoms with Crippen molar-refractivity contribution in [3.05, 3.63) is 51.5 Å². The Morgan fingerprint density at radius 2 is 2.14 bits per heavy atom. The number of nitrogens with one attached hydrogen (secondary N) is 1. The zero-order chi connectivity index (χ0) is 14.6. The van der Waals surface area contributed by atoms with Gasteiger partial charge in [0.25, 0.3) is 5.56 Å². The van der Waals surface area contributed by atoms with E-state index in [1.807, 2.05) is 24.4 Å². The first-order valence-electron chi connectivity index (χ1n) is 6.76. The van der Waals surface area contributed by atoms with Gasteiger partial charge in [0.1, 0.15) is 5.82 Å². The standard InChI is InChI=1S/C14H14N6O/c1-8-4-17-20-12(3-9(2)18-13(8)20)19-5-10-11(6-19)15-7-16-14(10)21/h3-4,7H,5-6H2,1-2H3,(H,15,16,21). The molecular weight excluding hydrogens is 268 g/mol. The van der Waals surface area contributed by atoms with E-state index in [0.29, 0.717) is 13.1 Å². The zero-order valence-electron chi connectivity index (χ0n) is 11.8. The normalized spacial score (nSPS) is 13.9. The SMILES string of the molecule is Cc1cc(N2Cc3nc[nH]c(=O)c3C2)n2ncc(C)c2n1. The Kier molecular flexibility index (Phi) is 2.38. The van der Waals surface area contributed by atoms with Gasteiger partial charge < -0.3 is 9.88 Å². The summed E-state index contributed by atoms with van der Waals surface area (Å²) in [6.07, 6.45) is 3.26. The summed E-state index contributed by atoms with van der Waals surface area (Å²) in [6, 6.07) is 1.99. The van der Waals surface area contributed by atoms with Crippen LogP contribution in [0.15, 0.2) is 23.4 Å². The number of rotatable bonds is 1. The van der Waals surface area contributed by atoms with E-state index in [1.165, 1.54) is 6.33 Å². The minimum atomic E-state index is -0.0684. The molecule has 7 heteroatoms. The lowest BCUT2D eigenvalue weighted by molar-refractivity contribution is 0.795. The molecule has 0 amide bonds. The first-order chi connectivity index (χ1) is 10.1. The molecule has 1 aliphatic heterocycles. The summed E-state index contributed by atoms with van der Waals surface area (Å²) in [5, 5.41) is 4.40. The van der Waals surface area contributed by atoms with Gasteiger partial charge in [0.15, 0.2) is 5.65 Å². The number of anilines is 1. The highest BCUT2D eigenvalue weighted by atomic mass is 16.1. The molecule has 4 rings (SSSR count). The van der Waals surface area contributed by atoms with Crippen molar-refractivity contribution >= 4 is 11.5 Å². The third-order valence-corrected chi connectivity index (χ3v) is 3.81. The summed E-state index contributed by atoms with van der Waals surface area (Å²) in [5.74, 6) is 0.933. The summed E-state index contributed by atoms with van der Waals surface area (Å²) in [6.45, 7) is 5.10. The highest BCUT2D eigenvalue weighted by Gasteiger charge is 2.25. The van der Waals surface area contributed by atoms with Crippen LogP contribution in [-0.2, 0) is 13.1 Å². The van der Waals surface area contributed by atoms with Gasteiger partial charge in [-0.3, -0.25) is 4.79 Å². The van der Waals surface area contributed by atoms with Gasteiger partial charge in [-0.15, -0.1) is 0 Å². The molecule has 7 nitrogen and oxygen atoms in total. The molecule has 1 aliphatic rings. The molecule has 0 unspecified atom stereocenters. The van der Waals surface area contributed by atoms with E-state index in [-0.39, 0.29) is 5.56 Å². The average molecular weight is 282 g/mol. The molecule has 0 bridgehead atoms. The number of hydrogen-bond acceptors (Lipinski definition) is 5. The Labute approximate surface area is 120 Å². The van der Waals surface area contributed by atoms with Gasteiger partial charge in [-0.25, -0.2) is 9.97 Å². The molecule has 0 spiro atoms. The summed E-state index contributed by atoms with van der Waals surface area (Å²) in [4.78, 5) is 25.4. The van der Waals surface area contributed by atoms with Gasteiger partial charge in [0.2, 0.25) is 0 Å². The van der Waals surface area contributed by atoms with Crippen LogP contribution in [0.3, 0.4) is 0 Å². The molecule has 0 saturated heterocycles. The molecule has 0 fully saturated rings. The van der Waals surface area contributed by atoms with Crippen molar-refractivity contribution in [2.45, 2.75) is 26.9 Å². The summed E-state index contributed by atoms with van der Waals surface area (Å²) < 4.78 is 1.82. The average Bonchev–Trinajstić information content (AvgIpc) is 3.04. The molecule has 106 valence electrons. The predicted molar refractivity (Wildman–Crippen MR) is 77.2 cm³/mol. The molecule has 3 aromatic heterocycles. The molecule has 0 aromatic carbocycles. The lowest BCUT2D eigenvalue weighted by Crippen LogP contribution is -2.20. The van der Waals surface area contributed by atoms with E-state index in [1.54, 1.807) is 6.20 Å². The first-order valence-corrected chi connectivity index (χ1v) is 6.76. The van der Waals surface area contributed by atoms with Crippen molar-refractivity contribution in [2.75, 3.05) is 4.90 Å². The van der Waals surface area contributed by atoms with Crippen LogP contribution in [0.1, 0.15) is 22.5 Å². The Morgan fingerprint density at radius 3 is 2.95 bits per heavy atom. The van der Waals surface area contributed by atoms with E-state index >= 15 is 0 Å². The van der Waals surface area contributed by atoms with Crippen LogP contribution >= 0.6 is 0 Å². The topological polar surface area (TPSA) is 79.2 Å². The first kappa shape index (κ1) is 12.1. The van der Waals surface area contributed by atoms with Crippen LogP contribution in [0.2, 0.25) is 0 Å². The van der Waals surface area contributed by atoms with Crippen LogP contribution in [0.4, 0.5) is 5.82 Å². The summed E-state index contributed by atoms with van der Waals surface area (Å²) in [5.41, 5.74) is 4.30. The second-order valence-corrected chi connectivity index (χ2v) is 5.33. The molecule has 1 N–H and O–H groups in total. The molecule has 21 heavy (non-hydrogen) atoms. The highest BCUT2D eigenvalue weighted by molar-refractivity contribution is 5.56. The molecule has 0 radical (unpaired) electrons. The molecule has 0 aliphatic carbocycles. The Hall–Kier alpha value is -2.70. The fourth-order valence-corrected chi connectivity index (χ4v) is 2.75. The third-order valence-electron chi connectivity index (χ3n) is 3.81. The Balaban J connectivity index is 1.86. The van der Waals surface area contributed by atoms with Gasteiger partial charge in [0, 0.05) is 17.3 Å². The highest BCUT2D eigenvalue weighted by Crippen LogP contribution is 2.26. The summed E-state index contributed by atoms with van der Waals surface area (Å²) >= 11 is 0. The number of fused-ring (bicyclic) bond motifs is 2. The number of hydrogen-bond donors (Lipinski definition) is 1. The second kappa shape index (κ2) is 4.15. The number of aromatic nitrogens is 5. The fraction of sp³-hybridized carbons (Fsp3) is 0.286. The lowest BCUT2D eigenvalue weighted by Gasteiger charge is -2.18. The number of aryl methyl sites for hydroxylation is 2. The zero-order valence-corrected chi connectivity index (χ0v) is 11.8. The van der Waals surface area contributed by atoms with E-state index in [9.17, 15) is 4.79 Å². The van der Waals surface area contributed by atoms with Crippen LogP contribution in [0.25, 0.3) is 5.65 Å². The number of H-pyrrole nitrogens is 1. The fourth-order valence-electron chi connectivity index (χ4n) is 2.75. The van der Waals surface area contributed by atoms with Crippen LogP contribution in [-0.4, -0.2) is 24.6 Å². The third kappa shape index (κ3) is 1.74. The number of nitrogens with zero attached hydrogens (tertiary/aromatic N) is 5. The smallest absolute Gasteiger partial charge is 0.256 e. The van der Waals surface area contributed by atoms with Gasteiger partial charge >= 0.3 is 0 Å². The Bertz CT molecular complexity index is 909. The van der Waals surface area contributed by atoms with E-state index in [2.05, 4.69) is 25.0 Å². The predicted octanol–water partition coefficient (Wildman–Crippen LogP) is 0.950. The lowest BCUT2D eigenvalue weighted by atomic mass is 10.3. The monoisotopic (exact) mass is 282 g/mol. The molecular formula is C14H14N6O. The minimum Gasteiger partial charge on any atom is -0.346 e. The van der Waals surface area contributed by atoms with Crippen molar-refractivity contribution in [3.8, 4) is 0 Å². The minimum absolute atomic E-state index is 0.0684. The van der Waals surface area contributed by atoms with E-state index < -0.39 is 0 Å². The van der Waals surface area contributed by atoms with Gasteiger partial charge in [0.05, 0.1) is 36.9 Å². The van der Waals surface area contributed by atoms with Gasteiger partial charge in [-0.2, -0.15) is 9.61 Å². The van der Waals surface area contributed by atoms with Crippen molar-refractivity contribution in [3.63, 3.8) is 0 Å². The van der Waals surface area contributed by atoms with E-state index in [0.717, 1.165) is 34.0 Å². The van der Waals surface area contributed by atoms with Gasteiger partial charge in [-0.1, -0.05) is 0 Å². The van der Waals surface area contributed by atoms with Crippen LogP contribution in [0, 0.1) is 13.8 Å². The maximum absolute atomic E-state index is 11.9. The quantitative estimate of drug-likeness (QED) is 0.719. The Morgan fingerprint density at radius 1 is 1.29 bits per heavy atom. The van der Waals surface area contributed by atoms with Crippen molar-refractivity contribution in [1.82, 2.24) is 24.6 Å². The summed E-state index contributed by atoms with van der Waals surface area (Å²) in [7, 11) is 0. The maximum Gasteiger partial charge on any atom is 0.256 e. The number of aromatic amines is 1. The second-order valence-electron chi connectivity index (χ2n) is 5.33. The molecule has 0 saturated carbocycles. The maximum atomic E-state index is 11.9. The van der Waals surface area contributed by atoms with Crippen molar-refractivity contribution < 1.29 is 0 Å². The van der Waals surface area contributed by atoms with Crippen molar-refractivity contribution in [2.24, 2.45) is 0 Å².